The summed E-state index contributed by atoms with van der Waals surface area (Å²) in [7, 11) is 1.93. The molecule has 96 valence electrons. The maximum absolute atomic E-state index is 5.72. The lowest BCUT2D eigenvalue weighted by Gasteiger charge is -2.06. The van der Waals surface area contributed by atoms with Gasteiger partial charge in [0.2, 0.25) is 5.88 Å². The second-order valence-electron chi connectivity index (χ2n) is 4.18. The molecule has 0 aliphatic carbocycles. The number of hydrogen-bond donors (Lipinski definition) is 1. The molecule has 3 rings (SSSR count). The predicted octanol–water partition coefficient (Wildman–Crippen LogP) is 2.24. The van der Waals surface area contributed by atoms with Gasteiger partial charge in [0.1, 0.15) is 5.75 Å². The van der Waals surface area contributed by atoms with E-state index in [4.69, 9.17) is 4.74 Å². The molecule has 1 aromatic carbocycles. The number of aromatic nitrogens is 3. The standard InChI is InChI=1S/C14H14N4O/c1-15-10-11-2-4-12(5-3-11)19-14-7-9-18-13(17-14)6-8-16-18/h2-9,15H,10H2,1H3. The molecule has 0 aliphatic rings. The number of rotatable bonds is 4. The largest absolute Gasteiger partial charge is 0.439 e. The van der Waals surface area contributed by atoms with Crippen LogP contribution in [0, 0.1) is 0 Å². The van der Waals surface area contributed by atoms with E-state index in [-0.39, 0.29) is 0 Å². The monoisotopic (exact) mass is 254 g/mol. The molecule has 5 nitrogen and oxygen atoms in total. The van der Waals surface area contributed by atoms with Crippen molar-refractivity contribution in [3.05, 3.63) is 54.4 Å². The number of benzene rings is 1. The Morgan fingerprint density at radius 3 is 2.79 bits per heavy atom. The lowest BCUT2D eigenvalue weighted by molar-refractivity contribution is 0.462. The molecular formula is C14H14N4O. The van der Waals surface area contributed by atoms with Crippen molar-refractivity contribution in [2.75, 3.05) is 7.05 Å². The van der Waals surface area contributed by atoms with Gasteiger partial charge in [0.25, 0.3) is 0 Å². The predicted molar refractivity (Wildman–Crippen MR) is 72.3 cm³/mol. The fraction of sp³-hybridized carbons (Fsp3) is 0.143. The van der Waals surface area contributed by atoms with E-state index in [0.717, 1.165) is 17.9 Å². The molecule has 0 radical (unpaired) electrons. The van der Waals surface area contributed by atoms with Crippen LogP contribution in [0.4, 0.5) is 0 Å². The molecule has 2 heterocycles. The molecule has 0 unspecified atom stereocenters. The van der Waals surface area contributed by atoms with Crippen LogP contribution >= 0.6 is 0 Å². The maximum atomic E-state index is 5.72. The van der Waals surface area contributed by atoms with E-state index in [1.54, 1.807) is 16.8 Å². The van der Waals surface area contributed by atoms with E-state index in [1.165, 1.54) is 5.56 Å². The van der Waals surface area contributed by atoms with Crippen LogP contribution in [0.5, 0.6) is 11.6 Å². The van der Waals surface area contributed by atoms with Gasteiger partial charge in [-0.1, -0.05) is 12.1 Å². The third-order valence-corrected chi connectivity index (χ3v) is 2.76. The molecule has 5 heteroatoms. The lowest BCUT2D eigenvalue weighted by atomic mass is 10.2. The van der Waals surface area contributed by atoms with Gasteiger partial charge in [-0.15, -0.1) is 0 Å². The zero-order valence-electron chi connectivity index (χ0n) is 10.6. The number of nitrogens with one attached hydrogen (secondary N) is 1. The Labute approximate surface area is 110 Å². The smallest absolute Gasteiger partial charge is 0.222 e. The van der Waals surface area contributed by atoms with Crippen LogP contribution < -0.4 is 10.1 Å². The van der Waals surface area contributed by atoms with Crippen LogP contribution in [0.1, 0.15) is 5.56 Å². The molecule has 0 saturated carbocycles. The van der Waals surface area contributed by atoms with Crippen molar-refractivity contribution in [3.8, 4) is 11.6 Å². The lowest BCUT2D eigenvalue weighted by Crippen LogP contribution is -2.04. The van der Waals surface area contributed by atoms with Crippen LogP contribution in [0.25, 0.3) is 5.65 Å². The summed E-state index contributed by atoms with van der Waals surface area (Å²) in [6.07, 6.45) is 3.53. The van der Waals surface area contributed by atoms with Gasteiger partial charge in [0.15, 0.2) is 5.65 Å². The Morgan fingerprint density at radius 2 is 2.00 bits per heavy atom. The summed E-state index contributed by atoms with van der Waals surface area (Å²) in [4.78, 5) is 4.36. The fourth-order valence-corrected chi connectivity index (χ4v) is 1.85. The zero-order valence-corrected chi connectivity index (χ0v) is 10.6. The Balaban J connectivity index is 1.79. The summed E-state index contributed by atoms with van der Waals surface area (Å²) >= 11 is 0. The minimum Gasteiger partial charge on any atom is -0.439 e. The van der Waals surface area contributed by atoms with Crippen LogP contribution in [0.3, 0.4) is 0 Å². The highest BCUT2D eigenvalue weighted by molar-refractivity contribution is 5.39. The highest BCUT2D eigenvalue weighted by Crippen LogP contribution is 2.20. The van der Waals surface area contributed by atoms with E-state index in [9.17, 15) is 0 Å². The summed E-state index contributed by atoms with van der Waals surface area (Å²) in [5, 5.41) is 7.20. The van der Waals surface area contributed by atoms with E-state index in [2.05, 4.69) is 15.4 Å². The van der Waals surface area contributed by atoms with Crippen molar-refractivity contribution in [1.29, 1.82) is 0 Å². The van der Waals surface area contributed by atoms with Crippen molar-refractivity contribution < 1.29 is 4.74 Å². The molecule has 3 aromatic rings. The SMILES string of the molecule is CNCc1ccc(Oc2ccn3nccc3n2)cc1. The van der Waals surface area contributed by atoms with Crippen LogP contribution in [0.15, 0.2) is 48.8 Å². The first kappa shape index (κ1) is 11.7. The third-order valence-electron chi connectivity index (χ3n) is 2.76. The van der Waals surface area contributed by atoms with E-state index in [1.807, 2.05) is 43.6 Å². The van der Waals surface area contributed by atoms with Crippen LogP contribution in [-0.2, 0) is 6.54 Å². The van der Waals surface area contributed by atoms with Crippen molar-refractivity contribution in [2.24, 2.45) is 0 Å². The first-order valence-electron chi connectivity index (χ1n) is 6.07. The third kappa shape index (κ3) is 2.56. The molecule has 0 fully saturated rings. The molecule has 2 aromatic heterocycles. The molecule has 0 saturated heterocycles. The van der Waals surface area contributed by atoms with Crippen molar-refractivity contribution in [2.45, 2.75) is 6.54 Å². The van der Waals surface area contributed by atoms with E-state index >= 15 is 0 Å². The highest BCUT2D eigenvalue weighted by atomic mass is 16.5. The van der Waals surface area contributed by atoms with Gasteiger partial charge in [0, 0.05) is 24.9 Å². The first-order valence-corrected chi connectivity index (χ1v) is 6.07. The minimum absolute atomic E-state index is 0.564. The molecule has 0 amide bonds. The van der Waals surface area contributed by atoms with Crippen LogP contribution in [-0.4, -0.2) is 21.6 Å². The van der Waals surface area contributed by atoms with Gasteiger partial charge in [-0.25, -0.2) is 4.52 Å². The van der Waals surface area contributed by atoms with E-state index < -0.39 is 0 Å². The van der Waals surface area contributed by atoms with E-state index in [0.29, 0.717) is 5.88 Å². The van der Waals surface area contributed by atoms with Crippen molar-refractivity contribution in [1.82, 2.24) is 19.9 Å². The Hall–Kier alpha value is -2.40. The molecule has 0 atom stereocenters. The molecule has 19 heavy (non-hydrogen) atoms. The molecule has 0 aliphatic heterocycles. The van der Waals surface area contributed by atoms with Gasteiger partial charge < -0.3 is 10.1 Å². The summed E-state index contributed by atoms with van der Waals surface area (Å²) < 4.78 is 7.41. The minimum atomic E-state index is 0.564. The zero-order chi connectivity index (χ0) is 13.1. The average molecular weight is 254 g/mol. The van der Waals surface area contributed by atoms with Gasteiger partial charge in [-0.05, 0) is 24.7 Å². The second kappa shape index (κ2) is 5.07. The highest BCUT2D eigenvalue weighted by Gasteiger charge is 2.01. The average Bonchev–Trinajstić information content (AvgIpc) is 2.89. The molecule has 0 bridgehead atoms. The number of hydrogen-bond acceptors (Lipinski definition) is 4. The Bertz CT molecular complexity index is 675. The maximum Gasteiger partial charge on any atom is 0.222 e. The van der Waals surface area contributed by atoms with Crippen LogP contribution in [0.2, 0.25) is 0 Å². The van der Waals surface area contributed by atoms with Gasteiger partial charge in [-0.3, -0.25) is 0 Å². The van der Waals surface area contributed by atoms with Crippen molar-refractivity contribution >= 4 is 5.65 Å². The van der Waals surface area contributed by atoms with Gasteiger partial charge in [0.05, 0.1) is 6.20 Å². The first-order chi connectivity index (χ1) is 9.35. The Morgan fingerprint density at radius 1 is 1.16 bits per heavy atom. The van der Waals surface area contributed by atoms with Crippen molar-refractivity contribution in [3.63, 3.8) is 0 Å². The Kier molecular flexibility index (Phi) is 3.12. The van der Waals surface area contributed by atoms with Gasteiger partial charge in [-0.2, -0.15) is 10.1 Å². The summed E-state index contributed by atoms with van der Waals surface area (Å²) in [5.41, 5.74) is 1.98. The molecular weight excluding hydrogens is 240 g/mol. The summed E-state index contributed by atoms with van der Waals surface area (Å²) in [6.45, 7) is 0.848. The van der Waals surface area contributed by atoms with Gasteiger partial charge >= 0.3 is 0 Å². The number of ether oxygens (including phenoxy) is 1. The number of nitrogens with zero attached hydrogens (tertiary/aromatic N) is 3. The number of fused-ring (bicyclic) bond motifs is 1. The topological polar surface area (TPSA) is 51.5 Å². The normalized spacial score (nSPS) is 10.8. The second-order valence-corrected chi connectivity index (χ2v) is 4.18. The molecule has 1 N–H and O–H groups in total. The molecule has 0 spiro atoms. The summed E-state index contributed by atoms with van der Waals surface area (Å²) in [6, 6.07) is 11.6. The quantitative estimate of drug-likeness (QED) is 0.775. The summed E-state index contributed by atoms with van der Waals surface area (Å²) in [5.74, 6) is 1.34. The fourth-order valence-electron chi connectivity index (χ4n) is 1.85.